The Morgan fingerprint density at radius 3 is 2.96 bits per heavy atom. The summed E-state index contributed by atoms with van der Waals surface area (Å²) in [7, 11) is 0. The van der Waals surface area contributed by atoms with Gasteiger partial charge in [0.1, 0.15) is 6.10 Å². The van der Waals surface area contributed by atoms with Crippen LogP contribution >= 0.6 is 33.9 Å². The van der Waals surface area contributed by atoms with E-state index in [2.05, 4.69) is 32.9 Å². The molecule has 25 heavy (non-hydrogen) atoms. The minimum atomic E-state index is -0.531. The SMILES string of the molecule is CC(OCC1CCCCO1)C(=O)Nc1nc(-c2ccc(I)cc2)cs1. The van der Waals surface area contributed by atoms with Crippen LogP contribution in [0, 0.1) is 3.57 Å². The van der Waals surface area contributed by atoms with Gasteiger partial charge in [-0.3, -0.25) is 10.1 Å². The second-order valence-corrected chi connectivity index (χ2v) is 8.10. The van der Waals surface area contributed by atoms with Gasteiger partial charge < -0.3 is 9.47 Å². The molecule has 5 nitrogen and oxygen atoms in total. The van der Waals surface area contributed by atoms with E-state index in [9.17, 15) is 4.79 Å². The third-order valence-electron chi connectivity index (χ3n) is 4.05. The van der Waals surface area contributed by atoms with Crippen LogP contribution in [0.4, 0.5) is 5.13 Å². The minimum absolute atomic E-state index is 0.108. The average Bonchev–Trinajstić information content (AvgIpc) is 3.09. The molecule has 0 spiro atoms. The number of amides is 1. The highest BCUT2D eigenvalue weighted by Crippen LogP contribution is 2.25. The third-order valence-corrected chi connectivity index (χ3v) is 5.53. The largest absolute Gasteiger partial charge is 0.376 e. The molecular formula is C18H21IN2O3S. The van der Waals surface area contributed by atoms with Crippen LogP contribution in [0.5, 0.6) is 0 Å². The summed E-state index contributed by atoms with van der Waals surface area (Å²) < 4.78 is 12.5. The van der Waals surface area contributed by atoms with Crippen molar-refractivity contribution in [3.63, 3.8) is 0 Å². The van der Waals surface area contributed by atoms with Crippen molar-refractivity contribution >= 4 is 45.0 Å². The zero-order valence-electron chi connectivity index (χ0n) is 14.0. The molecule has 0 aliphatic carbocycles. The van der Waals surface area contributed by atoms with Gasteiger partial charge >= 0.3 is 0 Å². The van der Waals surface area contributed by atoms with E-state index in [4.69, 9.17) is 9.47 Å². The number of carbonyl (C=O) groups excluding carboxylic acids is 1. The highest BCUT2D eigenvalue weighted by atomic mass is 127. The number of ether oxygens (including phenoxy) is 2. The highest BCUT2D eigenvalue weighted by Gasteiger charge is 2.19. The Labute approximate surface area is 165 Å². The minimum Gasteiger partial charge on any atom is -0.376 e. The fourth-order valence-corrected chi connectivity index (χ4v) is 3.64. The summed E-state index contributed by atoms with van der Waals surface area (Å²) in [6.07, 6.45) is 2.85. The number of benzene rings is 1. The molecule has 0 saturated carbocycles. The molecule has 1 aromatic carbocycles. The molecule has 0 radical (unpaired) electrons. The number of hydrogen-bond donors (Lipinski definition) is 1. The van der Waals surface area contributed by atoms with E-state index in [1.165, 1.54) is 14.9 Å². The van der Waals surface area contributed by atoms with Crippen molar-refractivity contribution in [2.75, 3.05) is 18.5 Å². The monoisotopic (exact) mass is 472 g/mol. The van der Waals surface area contributed by atoms with E-state index >= 15 is 0 Å². The van der Waals surface area contributed by atoms with Gasteiger partial charge in [0.2, 0.25) is 0 Å². The van der Waals surface area contributed by atoms with E-state index < -0.39 is 6.10 Å². The molecule has 7 heteroatoms. The molecule has 1 amide bonds. The van der Waals surface area contributed by atoms with Crippen molar-refractivity contribution in [1.29, 1.82) is 0 Å². The van der Waals surface area contributed by atoms with Gasteiger partial charge in [-0.1, -0.05) is 12.1 Å². The molecule has 1 aliphatic heterocycles. The van der Waals surface area contributed by atoms with Gasteiger partial charge in [0.25, 0.3) is 5.91 Å². The maximum atomic E-state index is 12.3. The van der Waals surface area contributed by atoms with E-state index in [1.54, 1.807) is 6.92 Å². The first kappa shape index (κ1) is 18.8. The van der Waals surface area contributed by atoms with Gasteiger partial charge in [-0.15, -0.1) is 11.3 Å². The van der Waals surface area contributed by atoms with Crippen LogP contribution in [0.2, 0.25) is 0 Å². The molecule has 134 valence electrons. The first-order valence-electron chi connectivity index (χ1n) is 8.37. The Morgan fingerprint density at radius 1 is 1.44 bits per heavy atom. The second kappa shape index (κ2) is 9.07. The number of carbonyl (C=O) groups is 1. The smallest absolute Gasteiger partial charge is 0.254 e. The lowest BCUT2D eigenvalue weighted by Crippen LogP contribution is -2.32. The summed E-state index contributed by atoms with van der Waals surface area (Å²) in [6.45, 7) is 3.00. The van der Waals surface area contributed by atoms with Gasteiger partial charge in [-0.2, -0.15) is 0 Å². The lowest BCUT2D eigenvalue weighted by molar-refractivity contribution is -0.130. The molecule has 3 rings (SSSR count). The maximum Gasteiger partial charge on any atom is 0.254 e. The standard InChI is InChI=1S/C18H21IN2O3S/c1-12(24-10-15-4-2-3-9-23-15)17(22)21-18-20-16(11-25-18)13-5-7-14(19)8-6-13/h5-8,11-12,15H,2-4,9-10H2,1H3,(H,20,21,22). The van der Waals surface area contributed by atoms with Gasteiger partial charge in [0, 0.05) is 21.1 Å². The van der Waals surface area contributed by atoms with Crippen LogP contribution in [-0.4, -0.2) is 36.3 Å². The van der Waals surface area contributed by atoms with E-state index in [0.29, 0.717) is 11.7 Å². The molecule has 2 heterocycles. The van der Waals surface area contributed by atoms with Crippen molar-refractivity contribution in [3.8, 4) is 11.3 Å². The summed E-state index contributed by atoms with van der Waals surface area (Å²) in [5.74, 6) is -0.181. The number of anilines is 1. The molecule has 1 aromatic heterocycles. The van der Waals surface area contributed by atoms with Crippen LogP contribution in [-0.2, 0) is 14.3 Å². The number of thiazole rings is 1. The van der Waals surface area contributed by atoms with E-state index in [0.717, 1.165) is 37.1 Å². The summed E-state index contributed by atoms with van der Waals surface area (Å²) in [5, 5.41) is 5.36. The van der Waals surface area contributed by atoms with Gasteiger partial charge in [-0.25, -0.2) is 4.98 Å². The molecule has 1 N–H and O–H groups in total. The second-order valence-electron chi connectivity index (χ2n) is 6.00. The fraction of sp³-hybridized carbons (Fsp3) is 0.444. The molecule has 1 aliphatic rings. The molecule has 2 aromatic rings. The van der Waals surface area contributed by atoms with Crippen molar-refractivity contribution in [2.24, 2.45) is 0 Å². The number of hydrogen-bond acceptors (Lipinski definition) is 5. The highest BCUT2D eigenvalue weighted by molar-refractivity contribution is 14.1. The molecule has 1 fully saturated rings. The number of aromatic nitrogens is 1. The van der Waals surface area contributed by atoms with Crippen molar-refractivity contribution in [1.82, 2.24) is 4.98 Å². The molecule has 2 atom stereocenters. The summed E-state index contributed by atoms with van der Waals surface area (Å²) in [5.41, 5.74) is 1.90. The Balaban J connectivity index is 1.51. The zero-order chi connectivity index (χ0) is 17.6. The summed E-state index contributed by atoms with van der Waals surface area (Å²) in [4.78, 5) is 16.8. The fourth-order valence-electron chi connectivity index (χ4n) is 2.56. The van der Waals surface area contributed by atoms with E-state index in [1.807, 2.05) is 29.6 Å². The average molecular weight is 472 g/mol. The molecule has 0 bridgehead atoms. The lowest BCUT2D eigenvalue weighted by Gasteiger charge is -2.23. The van der Waals surface area contributed by atoms with Crippen LogP contribution in [0.1, 0.15) is 26.2 Å². The Hall–Kier alpha value is -1.03. The number of halogens is 1. The Morgan fingerprint density at radius 2 is 2.24 bits per heavy atom. The first-order valence-corrected chi connectivity index (χ1v) is 10.3. The first-order chi connectivity index (χ1) is 12.1. The van der Waals surface area contributed by atoms with Crippen LogP contribution in [0.25, 0.3) is 11.3 Å². The van der Waals surface area contributed by atoms with Crippen molar-refractivity contribution in [3.05, 3.63) is 33.2 Å². The predicted molar refractivity (Wildman–Crippen MR) is 108 cm³/mol. The summed E-state index contributed by atoms with van der Waals surface area (Å²) in [6, 6.07) is 8.13. The van der Waals surface area contributed by atoms with Crippen LogP contribution in [0.15, 0.2) is 29.6 Å². The number of nitrogens with zero attached hydrogens (tertiary/aromatic N) is 1. The normalized spacial score (nSPS) is 18.7. The topological polar surface area (TPSA) is 60.5 Å². The maximum absolute atomic E-state index is 12.3. The van der Waals surface area contributed by atoms with Gasteiger partial charge in [0.15, 0.2) is 5.13 Å². The quantitative estimate of drug-likeness (QED) is 0.637. The zero-order valence-corrected chi connectivity index (χ0v) is 17.0. The lowest BCUT2D eigenvalue weighted by atomic mass is 10.1. The molecular weight excluding hydrogens is 451 g/mol. The number of nitrogens with one attached hydrogen (secondary N) is 1. The van der Waals surface area contributed by atoms with E-state index in [-0.39, 0.29) is 12.0 Å². The molecule has 1 saturated heterocycles. The van der Waals surface area contributed by atoms with Gasteiger partial charge in [-0.05, 0) is 60.9 Å². The van der Waals surface area contributed by atoms with Crippen LogP contribution < -0.4 is 5.32 Å². The third kappa shape index (κ3) is 5.47. The Bertz CT molecular complexity index is 699. The van der Waals surface area contributed by atoms with Crippen LogP contribution in [0.3, 0.4) is 0 Å². The van der Waals surface area contributed by atoms with Crippen molar-refractivity contribution in [2.45, 2.75) is 38.4 Å². The Kier molecular flexibility index (Phi) is 6.80. The summed E-state index contributed by atoms with van der Waals surface area (Å²) >= 11 is 3.69. The predicted octanol–water partition coefficient (Wildman–Crippen LogP) is 4.33. The number of rotatable bonds is 6. The van der Waals surface area contributed by atoms with Gasteiger partial charge in [0.05, 0.1) is 18.4 Å². The van der Waals surface area contributed by atoms with Crippen molar-refractivity contribution < 1.29 is 14.3 Å². The molecule has 2 unspecified atom stereocenters.